The third-order valence-electron chi connectivity index (χ3n) is 15.9. The third-order valence-corrected chi connectivity index (χ3v) is 42.5. The van der Waals surface area contributed by atoms with Crippen molar-refractivity contribution >= 4 is 114 Å². The van der Waals surface area contributed by atoms with Crippen molar-refractivity contribution in [3.63, 3.8) is 0 Å². The molecule has 0 N–H and O–H groups in total. The Hall–Kier alpha value is -3.69. The number of carbonyl (C=O) groups excluding carboxylic acids is 1. The summed E-state index contributed by atoms with van der Waals surface area (Å²) in [5, 5.41) is 0. The van der Waals surface area contributed by atoms with Crippen molar-refractivity contribution in [1.82, 2.24) is 0 Å². The molecule has 0 bridgehead atoms. The van der Waals surface area contributed by atoms with Crippen LogP contribution in [0.2, 0.25) is 89.6 Å². The predicted octanol–water partition coefficient (Wildman–Crippen LogP) is 22.8. The van der Waals surface area contributed by atoms with Gasteiger partial charge in [0.05, 0.1) is 38.2 Å². The van der Waals surface area contributed by atoms with Crippen molar-refractivity contribution in [3.8, 4) is 51.9 Å². The molecule has 0 aliphatic heterocycles. The molecule has 2 aromatic carbocycles. The lowest BCUT2D eigenvalue weighted by Gasteiger charge is -2.38. The zero-order valence-corrected chi connectivity index (χ0v) is 68.7. The largest absolute Gasteiger partial charge is 0.499 e. The van der Waals surface area contributed by atoms with Crippen LogP contribution in [0.25, 0.3) is 51.5 Å². The number of carbonyl (C=O) groups is 1. The zero-order chi connectivity index (χ0) is 70.4. The predicted molar refractivity (Wildman–Crippen MR) is 401 cm³/mol. The summed E-state index contributed by atoms with van der Waals surface area (Å²) in [6.45, 7) is 42.8. The Labute approximate surface area is 585 Å². The highest BCUT2D eigenvalue weighted by molar-refractivity contribution is 7.25. The maximum absolute atomic E-state index is 17.4. The highest BCUT2D eigenvalue weighted by Gasteiger charge is 2.80. The summed E-state index contributed by atoms with van der Waals surface area (Å²) < 4.78 is 153. The fraction of sp³-hybridized carbons (Fsp3) is 0.529. The standard InChI is InChI=1S/C70H100F6O9S4Si6/c1-20-22-42-90-82-94(16,17)84-93(14,15)47-61(77)81-41-25-40-80-52-32-28-50(29-33-52)65-54(45-58(89-65)56-35-37-60(87-56)67(7,8)9)63-62(68(71,72)70(75,76)69(63,73)74)53-44-57(55-34-36-59(86-55)66(4,5)6)88-64(53)49-26-30-51(31-27-49)79-39-24-38-78-48(3)46-92(12,13)85-95(18,19)83-91(10,11)43-23-21-2/h26-37,44-45H,3,20-25,38-43,46-47,90H2,1-2,4-19H3. The summed E-state index contributed by atoms with van der Waals surface area (Å²) in [6, 6.07) is 26.4. The third kappa shape index (κ3) is 20.7. The molecule has 0 amide bonds. The Morgan fingerprint density at radius 1 is 0.505 bits per heavy atom. The van der Waals surface area contributed by atoms with Gasteiger partial charge >= 0.3 is 40.9 Å². The molecule has 0 unspecified atom stereocenters. The van der Waals surface area contributed by atoms with Gasteiger partial charge in [0.15, 0.2) is 25.0 Å². The number of rotatable bonds is 35. The van der Waals surface area contributed by atoms with Crippen LogP contribution in [-0.4, -0.2) is 102 Å². The molecule has 1 aliphatic rings. The number of thiophene rings is 4. The van der Waals surface area contributed by atoms with Crippen LogP contribution in [0.5, 0.6) is 11.5 Å². The fourth-order valence-corrected chi connectivity index (χ4v) is 40.9. The minimum atomic E-state index is -5.84. The van der Waals surface area contributed by atoms with E-state index in [1.54, 1.807) is 48.5 Å². The first-order valence-electron chi connectivity index (χ1n) is 33.1. The van der Waals surface area contributed by atoms with E-state index in [4.69, 9.17) is 35.4 Å². The summed E-state index contributed by atoms with van der Waals surface area (Å²) >= 11 is 5.01. The van der Waals surface area contributed by atoms with E-state index in [-0.39, 0.29) is 52.4 Å². The number of allylic oxidation sites excluding steroid dienone is 3. The second-order valence-electron chi connectivity index (χ2n) is 29.5. The highest BCUT2D eigenvalue weighted by Crippen LogP contribution is 2.67. The summed E-state index contributed by atoms with van der Waals surface area (Å²) in [5.74, 6) is -15.4. The SMILES string of the molecule is C=C(C[Si](C)(C)O[Si](C)(C)O[Si](C)(C)CCCC)OCCCOc1ccc(-c2sc(-c3ccc(C(C)(C)C)s3)cc2C2=C(c3cc(-c4ccc(C(C)(C)C)s4)sc3-c3ccc(OCCCOC(=O)C[Si](C)(C)O[Si](C)(C)O[SiH2]CCCC)cc3)C(F)(F)C(F)(F)C2(F)F)cc1. The van der Waals surface area contributed by atoms with E-state index in [1.807, 2.05) is 92.0 Å². The van der Waals surface area contributed by atoms with Crippen molar-refractivity contribution in [2.24, 2.45) is 0 Å². The number of unbranched alkanes of at least 4 members (excludes halogenated alkanes) is 2. The van der Waals surface area contributed by atoms with E-state index >= 15 is 26.3 Å². The molecular formula is C70H100F6O9S4Si6. The number of benzene rings is 2. The lowest BCUT2D eigenvalue weighted by Crippen LogP contribution is -2.52. The van der Waals surface area contributed by atoms with Crippen LogP contribution in [0.4, 0.5) is 26.3 Å². The average Bonchev–Trinajstić information content (AvgIpc) is 1.52. The van der Waals surface area contributed by atoms with Gasteiger partial charge in [0.2, 0.25) is 0 Å². The van der Waals surface area contributed by atoms with Gasteiger partial charge in [0, 0.05) is 80.2 Å². The Bertz CT molecular complexity index is 3580. The van der Waals surface area contributed by atoms with Crippen molar-refractivity contribution in [2.45, 2.75) is 212 Å². The van der Waals surface area contributed by atoms with E-state index < -0.39 is 91.9 Å². The van der Waals surface area contributed by atoms with Crippen LogP contribution in [0, 0.1) is 0 Å². The quantitative estimate of drug-likeness (QED) is 0.0127. The van der Waals surface area contributed by atoms with Crippen LogP contribution in [0.15, 0.2) is 97.3 Å². The van der Waals surface area contributed by atoms with Crippen molar-refractivity contribution < 1.29 is 66.5 Å². The fourth-order valence-electron chi connectivity index (χ4n) is 11.7. The Kier molecular flexibility index (Phi) is 26.0. The lowest BCUT2D eigenvalue weighted by molar-refractivity contribution is -0.254. The van der Waals surface area contributed by atoms with E-state index in [0.29, 0.717) is 73.4 Å². The first-order valence-corrected chi connectivity index (χ1v) is 52.9. The molecule has 6 aromatic rings. The van der Waals surface area contributed by atoms with Crippen LogP contribution in [0.1, 0.15) is 115 Å². The minimum absolute atomic E-state index is 0.101. The van der Waals surface area contributed by atoms with Gasteiger partial charge < -0.3 is 35.4 Å². The highest BCUT2D eigenvalue weighted by atomic mass is 32.1. The van der Waals surface area contributed by atoms with Gasteiger partial charge in [-0.2, -0.15) is 26.3 Å². The normalized spacial score (nSPS) is 15.5. The Morgan fingerprint density at radius 3 is 1.36 bits per heavy atom. The van der Waals surface area contributed by atoms with Crippen molar-refractivity contribution in [1.29, 1.82) is 0 Å². The summed E-state index contributed by atoms with van der Waals surface area (Å²) in [5.41, 5.74) is -3.60. The number of hydrogen-bond acceptors (Lipinski definition) is 13. The molecule has 4 heterocycles. The van der Waals surface area contributed by atoms with Crippen LogP contribution < -0.4 is 9.47 Å². The van der Waals surface area contributed by atoms with Crippen molar-refractivity contribution in [3.05, 3.63) is 118 Å². The monoisotopic (exact) mass is 1490 g/mol. The van der Waals surface area contributed by atoms with Gasteiger partial charge in [-0.15, -0.1) is 45.3 Å². The van der Waals surface area contributed by atoms with E-state index in [0.717, 1.165) is 70.2 Å². The molecule has 524 valence electrons. The van der Waals surface area contributed by atoms with E-state index in [1.165, 1.54) is 34.8 Å². The minimum Gasteiger partial charge on any atom is -0.499 e. The number of ether oxygens (including phenoxy) is 4. The van der Waals surface area contributed by atoms with E-state index in [2.05, 4.69) is 59.7 Å². The van der Waals surface area contributed by atoms with Gasteiger partial charge in [-0.25, -0.2) is 0 Å². The maximum atomic E-state index is 17.4. The molecule has 0 saturated carbocycles. The molecular weight excluding hydrogens is 1400 g/mol. The topological polar surface area (TPSA) is 90.9 Å². The summed E-state index contributed by atoms with van der Waals surface area (Å²) in [4.78, 5) is 17.4. The molecule has 0 fully saturated rings. The molecule has 0 radical (unpaired) electrons. The Morgan fingerprint density at radius 2 is 0.926 bits per heavy atom. The molecule has 25 heteroatoms. The molecule has 9 nitrogen and oxygen atoms in total. The number of halogens is 6. The molecule has 1 aliphatic carbocycles. The number of alkyl halides is 6. The first kappa shape index (κ1) is 78.6. The average molecular weight is 1500 g/mol. The Balaban J connectivity index is 1.16. The van der Waals surface area contributed by atoms with Crippen LogP contribution in [-0.2, 0) is 41.6 Å². The first-order chi connectivity index (χ1) is 44.0. The second kappa shape index (κ2) is 31.5. The smallest absolute Gasteiger partial charge is 0.380 e. The van der Waals surface area contributed by atoms with Crippen LogP contribution >= 0.6 is 45.3 Å². The molecule has 95 heavy (non-hydrogen) atoms. The zero-order valence-electron chi connectivity index (χ0n) is 59.0. The van der Waals surface area contributed by atoms with Gasteiger partial charge in [-0.1, -0.05) is 87.7 Å². The van der Waals surface area contributed by atoms with Crippen LogP contribution in [0.3, 0.4) is 0 Å². The maximum Gasteiger partial charge on any atom is 0.380 e. The summed E-state index contributed by atoms with van der Waals surface area (Å²) in [7, 11) is -12.0. The molecule has 0 atom stereocenters. The van der Waals surface area contributed by atoms with Crippen molar-refractivity contribution in [2.75, 3.05) is 26.4 Å². The van der Waals surface area contributed by atoms with Gasteiger partial charge in [-0.3, -0.25) is 4.79 Å². The second-order valence-corrected chi connectivity index (χ2v) is 55.8. The van der Waals surface area contributed by atoms with Gasteiger partial charge in [0.25, 0.3) is 0 Å². The number of hydrogen-bond donors (Lipinski definition) is 0. The molecule has 7 rings (SSSR count). The summed E-state index contributed by atoms with van der Waals surface area (Å²) in [6.07, 6.45) is 5.41. The molecule has 0 spiro atoms. The number of esters is 1. The molecule has 0 saturated heterocycles. The lowest BCUT2D eigenvalue weighted by atomic mass is 9.92. The van der Waals surface area contributed by atoms with Gasteiger partial charge in [-0.05, 0) is 184 Å². The van der Waals surface area contributed by atoms with E-state index in [9.17, 15) is 4.79 Å². The molecule has 4 aromatic heterocycles. The van der Waals surface area contributed by atoms with Gasteiger partial charge in [0.1, 0.15) is 21.3 Å².